The van der Waals surface area contributed by atoms with Crippen molar-refractivity contribution in [2.75, 3.05) is 0 Å². The summed E-state index contributed by atoms with van der Waals surface area (Å²) in [7, 11) is 0. The molecule has 79 valence electrons. The molecule has 1 N–H and O–H groups in total. The van der Waals surface area contributed by atoms with Crippen molar-refractivity contribution in [3.05, 3.63) is 35.4 Å². The summed E-state index contributed by atoms with van der Waals surface area (Å²) in [4.78, 5) is 22.1. The standard InChI is InChI=1S/C12H12O3.Na/c13-11(14)7-8-1-3-9(4-2-8)12(15)10-5-6-10;/h1-4,10H,5-7H2,(H,13,14);. The van der Waals surface area contributed by atoms with Crippen molar-refractivity contribution in [1.29, 1.82) is 0 Å². The first kappa shape index (κ1) is 13.4. The summed E-state index contributed by atoms with van der Waals surface area (Å²) < 4.78 is 0. The first-order valence-corrected chi connectivity index (χ1v) is 5.02. The zero-order chi connectivity index (χ0) is 10.8. The molecule has 1 aromatic rings. The molecule has 2 rings (SSSR count). The Balaban J connectivity index is 0.00000128. The van der Waals surface area contributed by atoms with E-state index in [1.807, 2.05) is 0 Å². The van der Waals surface area contributed by atoms with Crippen LogP contribution in [0.2, 0.25) is 0 Å². The van der Waals surface area contributed by atoms with Crippen LogP contribution < -0.4 is 0 Å². The molecule has 1 aromatic carbocycles. The number of hydrogen-bond acceptors (Lipinski definition) is 2. The zero-order valence-electron chi connectivity index (χ0n) is 9.27. The largest absolute Gasteiger partial charge is 0.481 e. The molecule has 0 unspecified atom stereocenters. The van der Waals surface area contributed by atoms with E-state index in [2.05, 4.69) is 0 Å². The monoisotopic (exact) mass is 227 g/mol. The van der Waals surface area contributed by atoms with E-state index in [1.54, 1.807) is 24.3 Å². The normalized spacial score (nSPS) is 14.0. The number of carbonyl (C=O) groups excluding carboxylic acids is 1. The van der Waals surface area contributed by atoms with Gasteiger partial charge in [0.15, 0.2) is 5.78 Å². The van der Waals surface area contributed by atoms with Gasteiger partial charge in [-0.2, -0.15) is 0 Å². The number of Topliss-reactive ketones (excluding diaryl/α,β-unsaturated/α-hetero) is 1. The van der Waals surface area contributed by atoms with Gasteiger partial charge in [0.05, 0.1) is 6.42 Å². The average Bonchev–Trinajstić information content (AvgIpc) is 3.00. The van der Waals surface area contributed by atoms with Crippen molar-refractivity contribution in [3.63, 3.8) is 0 Å². The molecule has 0 saturated heterocycles. The number of benzene rings is 1. The summed E-state index contributed by atoms with van der Waals surface area (Å²) >= 11 is 0. The fourth-order valence-electron chi connectivity index (χ4n) is 1.54. The average molecular weight is 227 g/mol. The molecule has 1 fully saturated rings. The van der Waals surface area contributed by atoms with E-state index in [9.17, 15) is 9.59 Å². The van der Waals surface area contributed by atoms with Gasteiger partial charge in [0, 0.05) is 41.0 Å². The van der Waals surface area contributed by atoms with Crippen LogP contribution in [0, 0.1) is 5.92 Å². The van der Waals surface area contributed by atoms with Crippen molar-refractivity contribution in [2.45, 2.75) is 19.3 Å². The molecule has 0 spiro atoms. The summed E-state index contributed by atoms with van der Waals surface area (Å²) in [6.45, 7) is 0. The van der Waals surface area contributed by atoms with Crippen LogP contribution in [-0.4, -0.2) is 46.4 Å². The quantitative estimate of drug-likeness (QED) is 0.626. The van der Waals surface area contributed by atoms with E-state index in [0.717, 1.165) is 18.4 Å². The van der Waals surface area contributed by atoms with Gasteiger partial charge in [-0.3, -0.25) is 9.59 Å². The van der Waals surface area contributed by atoms with E-state index < -0.39 is 5.97 Å². The molecular formula is C12H12NaO3. The Hall–Kier alpha value is -0.640. The molecule has 0 amide bonds. The Bertz CT molecular complexity index is 393. The molecule has 4 heteroatoms. The summed E-state index contributed by atoms with van der Waals surface area (Å²) in [5.41, 5.74) is 1.43. The number of aliphatic carboxylic acids is 1. The Labute approximate surface area is 116 Å². The second-order valence-electron chi connectivity index (χ2n) is 3.91. The number of carboxylic acids is 1. The first-order chi connectivity index (χ1) is 7.16. The van der Waals surface area contributed by atoms with Gasteiger partial charge >= 0.3 is 5.97 Å². The maximum absolute atomic E-state index is 11.6. The van der Waals surface area contributed by atoms with Gasteiger partial charge in [-0.1, -0.05) is 24.3 Å². The van der Waals surface area contributed by atoms with E-state index >= 15 is 0 Å². The summed E-state index contributed by atoms with van der Waals surface area (Å²) in [6, 6.07) is 6.87. The van der Waals surface area contributed by atoms with E-state index in [-0.39, 0.29) is 47.7 Å². The third kappa shape index (κ3) is 3.44. The number of rotatable bonds is 4. The first-order valence-electron chi connectivity index (χ1n) is 5.02. The Morgan fingerprint density at radius 2 is 1.75 bits per heavy atom. The summed E-state index contributed by atoms with van der Waals surface area (Å²) in [5.74, 6) is -0.441. The van der Waals surface area contributed by atoms with Crippen LogP contribution in [0.15, 0.2) is 24.3 Å². The predicted molar refractivity (Wildman–Crippen MR) is 60.6 cm³/mol. The van der Waals surface area contributed by atoms with E-state index in [0.29, 0.717) is 5.56 Å². The van der Waals surface area contributed by atoms with Crippen LogP contribution in [-0.2, 0) is 11.2 Å². The fourth-order valence-corrected chi connectivity index (χ4v) is 1.54. The van der Waals surface area contributed by atoms with Crippen LogP contribution in [0.3, 0.4) is 0 Å². The van der Waals surface area contributed by atoms with Crippen molar-refractivity contribution < 1.29 is 14.7 Å². The fraction of sp³-hybridized carbons (Fsp3) is 0.333. The SMILES string of the molecule is O=C(O)Cc1ccc(C(=O)C2CC2)cc1.[Na]. The molecule has 0 aromatic heterocycles. The summed E-state index contributed by atoms with van der Waals surface area (Å²) in [6.07, 6.45) is 2.00. The molecule has 1 saturated carbocycles. The minimum absolute atomic E-state index is 0. The molecule has 1 aliphatic rings. The van der Waals surface area contributed by atoms with E-state index in [4.69, 9.17) is 5.11 Å². The third-order valence-corrected chi connectivity index (χ3v) is 2.54. The van der Waals surface area contributed by atoms with Crippen LogP contribution in [0.1, 0.15) is 28.8 Å². The molecule has 1 aliphatic carbocycles. The van der Waals surface area contributed by atoms with Gasteiger partial charge in [-0.15, -0.1) is 0 Å². The van der Waals surface area contributed by atoms with Crippen LogP contribution in [0.4, 0.5) is 0 Å². The molecule has 1 radical (unpaired) electrons. The number of carbonyl (C=O) groups is 2. The predicted octanol–water partition coefficient (Wildman–Crippen LogP) is 1.53. The zero-order valence-corrected chi connectivity index (χ0v) is 11.3. The Morgan fingerprint density at radius 3 is 2.19 bits per heavy atom. The van der Waals surface area contributed by atoms with Crippen molar-refractivity contribution >= 4 is 41.3 Å². The second-order valence-corrected chi connectivity index (χ2v) is 3.91. The maximum Gasteiger partial charge on any atom is 0.307 e. The Kier molecular flexibility index (Phi) is 4.71. The maximum atomic E-state index is 11.6. The molecular weight excluding hydrogens is 215 g/mol. The minimum Gasteiger partial charge on any atom is -0.481 e. The van der Waals surface area contributed by atoms with Crippen molar-refractivity contribution in [2.24, 2.45) is 5.92 Å². The number of ketones is 1. The van der Waals surface area contributed by atoms with Gasteiger partial charge in [-0.25, -0.2) is 0 Å². The molecule has 0 atom stereocenters. The molecule has 0 aliphatic heterocycles. The third-order valence-electron chi connectivity index (χ3n) is 2.54. The van der Waals surface area contributed by atoms with Crippen LogP contribution in [0.25, 0.3) is 0 Å². The topological polar surface area (TPSA) is 54.4 Å². The van der Waals surface area contributed by atoms with Gasteiger partial charge in [-0.05, 0) is 18.4 Å². The molecule has 16 heavy (non-hydrogen) atoms. The van der Waals surface area contributed by atoms with Gasteiger partial charge < -0.3 is 5.11 Å². The van der Waals surface area contributed by atoms with Crippen LogP contribution >= 0.6 is 0 Å². The second kappa shape index (κ2) is 5.62. The van der Waals surface area contributed by atoms with Crippen LogP contribution in [0.5, 0.6) is 0 Å². The molecule has 0 heterocycles. The minimum atomic E-state index is -0.851. The van der Waals surface area contributed by atoms with E-state index in [1.165, 1.54) is 0 Å². The Morgan fingerprint density at radius 1 is 1.19 bits per heavy atom. The number of carboxylic acid groups (broad SMARTS) is 1. The van der Waals surface area contributed by atoms with Gasteiger partial charge in [0.1, 0.15) is 0 Å². The smallest absolute Gasteiger partial charge is 0.307 e. The van der Waals surface area contributed by atoms with Gasteiger partial charge in [0.25, 0.3) is 0 Å². The van der Waals surface area contributed by atoms with Gasteiger partial charge in [0.2, 0.25) is 0 Å². The summed E-state index contributed by atoms with van der Waals surface area (Å²) in [5, 5.41) is 8.58. The number of hydrogen-bond donors (Lipinski definition) is 1. The van der Waals surface area contributed by atoms with Crippen molar-refractivity contribution in [3.8, 4) is 0 Å². The molecule has 3 nitrogen and oxygen atoms in total. The molecule has 0 bridgehead atoms. The van der Waals surface area contributed by atoms with Crippen molar-refractivity contribution in [1.82, 2.24) is 0 Å².